The van der Waals surface area contributed by atoms with Crippen LogP contribution in [0.1, 0.15) is 0 Å². The van der Waals surface area contributed by atoms with Crippen molar-refractivity contribution in [2.24, 2.45) is 0 Å². The molecule has 0 amide bonds. The first-order chi connectivity index (χ1) is 30.7. The van der Waals surface area contributed by atoms with Gasteiger partial charge < -0.3 is 13.9 Å². The van der Waals surface area contributed by atoms with Crippen molar-refractivity contribution in [2.75, 3.05) is 4.90 Å². The second-order valence-electron chi connectivity index (χ2n) is 16.0. The molecular formula is C58H36N2OS. The molecule has 3 nitrogen and oxygen atoms in total. The van der Waals surface area contributed by atoms with E-state index in [1.54, 1.807) is 0 Å². The van der Waals surface area contributed by atoms with E-state index in [0.717, 1.165) is 55.6 Å². The summed E-state index contributed by atoms with van der Waals surface area (Å²) in [6.07, 6.45) is 0. The highest BCUT2D eigenvalue weighted by Gasteiger charge is 2.21. The van der Waals surface area contributed by atoms with Crippen LogP contribution in [0.4, 0.5) is 17.1 Å². The van der Waals surface area contributed by atoms with Gasteiger partial charge in [0.2, 0.25) is 0 Å². The summed E-state index contributed by atoms with van der Waals surface area (Å²) in [6, 6.07) is 79.1. The number of hydrogen-bond acceptors (Lipinski definition) is 3. The minimum atomic E-state index is 0.867. The zero-order chi connectivity index (χ0) is 40.7. The van der Waals surface area contributed by atoms with Gasteiger partial charge in [-0.2, -0.15) is 0 Å². The highest BCUT2D eigenvalue weighted by Crippen LogP contribution is 2.46. The van der Waals surface area contributed by atoms with Gasteiger partial charge in [-0.15, -0.1) is 11.3 Å². The Hall–Kier alpha value is -7.92. The molecule has 0 bridgehead atoms. The van der Waals surface area contributed by atoms with Gasteiger partial charge in [0, 0.05) is 58.8 Å². The summed E-state index contributed by atoms with van der Waals surface area (Å²) in [5, 5.41) is 9.59. The maximum Gasteiger partial charge on any atom is 0.143 e. The molecule has 0 N–H and O–H groups in total. The Morgan fingerprint density at radius 1 is 0.403 bits per heavy atom. The lowest BCUT2D eigenvalue weighted by molar-refractivity contribution is 0.672. The SMILES string of the molecule is c1ccc(-n2c3ccccc3c3cc(-c4ccc(N(c5ccc(-c6cccc7sc8ccccc8c67)cc5)c5cccc6oc7c8ccccc8ccc7c56)cc4)ccc32)cc1. The minimum Gasteiger partial charge on any atom is -0.455 e. The van der Waals surface area contributed by atoms with Gasteiger partial charge in [0.05, 0.1) is 22.1 Å². The normalized spacial score (nSPS) is 11.9. The summed E-state index contributed by atoms with van der Waals surface area (Å²) in [4.78, 5) is 2.39. The van der Waals surface area contributed by atoms with Crippen molar-refractivity contribution in [3.63, 3.8) is 0 Å². The average molecular weight is 809 g/mol. The predicted molar refractivity (Wildman–Crippen MR) is 264 cm³/mol. The quantitative estimate of drug-likeness (QED) is 0.167. The molecule has 0 spiro atoms. The predicted octanol–water partition coefficient (Wildman–Crippen LogP) is 17.0. The van der Waals surface area contributed by atoms with Crippen LogP contribution in [-0.2, 0) is 0 Å². The number of benzene rings is 10. The van der Waals surface area contributed by atoms with E-state index in [1.165, 1.54) is 64.1 Å². The van der Waals surface area contributed by atoms with Gasteiger partial charge in [0.15, 0.2) is 0 Å². The van der Waals surface area contributed by atoms with Gasteiger partial charge >= 0.3 is 0 Å². The van der Waals surface area contributed by atoms with Crippen molar-refractivity contribution in [1.82, 2.24) is 4.57 Å². The third kappa shape index (κ3) is 5.37. The maximum atomic E-state index is 6.72. The lowest BCUT2D eigenvalue weighted by Gasteiger charge is -2.26. The van der Waals surface area contributed by atoms with Crippen LogP contribution in [-0.4, -0.2) is 4.57 Å². The molecule has 4 heteroatoms. The standard InChI is InChI=1S/C58H36N2OS/c1-2-13-41(14-3-1)60-50-19-8-6-16-46(50)49-36-40(29-35-51(49)60)37-24-30-42(31-25-37)59(52-20-11-21-53-57(52)48-34-28-38-12-4-5-15-45(38)58(48)61-53)43-32-26-39(27-33-43)44-18-10-23-55-56(44)47-17-7-9-22-54(47)62-55/h1-36H. The Morgan fingerprint density at radius 2 is 1.06 bits per heavy atom. The van der Waals surface area contributed by atoms with E-state index >= 15 is 0 Å². The van der Waals surface area contributed by atoms with Gasteiger partial charge in [0.1, 0.15) is 11.2 Å². The summed E-state index contributed by atoms with van der Waals surface area (Å²) in [5.41, 5.74) is 13.3. The number of aromatic nitrogens is 1. The molecule has 0 aliphatic carbocycles. The van der Waals surface area contributed by atoms with Crippen molar-refractivity contribution >= 4 is 103 Å². The Bertz CT molecular complexity index is 3860. The summed E-state index contributed by atoms with van der Waals surface area (Å²) in [7, 11) is 0. The molecule has 0 saturated carbocycles. The van der Waals surface area contributed by atoms with Crippen LogP contribution in [0.2, 0.25) is 0 Å². The van der Waals surface area contributed by atoms with E-state index < -0.39 is 0 Å². The molecule has 0 aliphatic rings. The Labute approximate surface area is 361 Å². The lowest BCUT2D eigenvalue weighted by Crippen LogP contribution is -2.10. The smallest absolute Gasteiger partial charge is 0.143 e. The van der Waals surface area contributed by atoms with E-state index in [9.17, 15) is 0 Å². The third-order valence-corrected chi connectivity index (χ3v) is 13.7. The van der Waals surface area contributed by atoms with Crippen LogP contribution in [0, 0.1) is 0 Å². The van der Waals surface area contributed by atoms with Gasteiger partial charge in [-0.1, -0.05) is 133 Å². The molecule has 3 aromatic heterocycles. The highest BCUT2D eigenvalue weighted by molar-refractivity contribution is 7.25. The topological polar surface area (TPSA) is 21.3 Å². The molecule has 0 unspecified atom stereocenters. The van der Waals surface area contributed by atoms with E-state index in [0.29, 0.717) is 0 Å². The second kappa shape index (κ2) is 13.8. The van der Waals surface area contributed by atoms with Crippen molar-refractivity contribution < 1.29 is 4.42 Å². The number of thiophene rings is 1. The maximum absolute atomic E-state index is 6.72. The van der Waals surface area contributed by atoms with Gasteiger partial charge in [-0.25, -0.2) is 0 Å². The molecule has 0 radical (unpaired) electrons. The van der Waals surface area contributed by atoms with Crippen LogP contribution in [0.25, 0.3) is 103 Å². The number of hydrogen-bond donors (Lipinski definition) is 0. The number of para-hydroxylation sites is 2. The molecular weight excluding hydrogens is 773 g/mol. The first kappa shape index (κ1) is 34.9. The monoisotopic (exact) mass is 808 g/mol. The van der Waals surface area contributed by atoms with Gasteiger partial charge in [-0.3, -0.25) is 0 Å². The number of fused-ring (bicyclic) bond motifs is 11. The molecule has 0 atom stereocenters. The minimum absolute atomic E-state index is 0.867. The number of furan rings is 1. The number of rotatable bonds is 6. The van der Waals surface area contributed by atoms with Crippen LogP contribution in [0.15, 0.2) is 223 Å². The van der Waals surface area contributed by atoms with Gasteiger partial charge in [0.25, 0.3) is 0 Å². The van der Waals surface area contributed by atoms with E-state index in [2.05, 4.69) is 228 Å². The zero-order valence-electron chi connectivity index (χ0n) is 33.5. The Balaban J connectivity index is 0.962. The molecule has 10 aromatic carbocycles. The van der Waals surface area contributed by atoms with Crippen LogP contribution in [0.3, 0.4) is 0 Å². The van der Waals surface area contributed by atoms with Crippen LogP contribution < -0.4 is 4.90 Å². The summed E-state index contributed by atoms with van der Waals surface area (Å²) in [5.74, 6) is 0. The first-order valence-corrected chi connectivity index (χ1v) is 21.9. The molecule has 13 rings (SSSR count). The fourth-order valence-electron chi connectivity index (χ4n) is 9.76. The third-order valence-electron chi connectivity index (χ3n) is 12.6. The van der Waals surface area contributed by atoms with E-state index in [1.807, 2.05) is 11.3 Å². The summed E-state index contributed by atoms with van der Waals surface area (Å²) >= 11 is 1.86. The molecule has 0 fully saturated rings. The van der Waals surface area contributed by atoms with E-state index in [4.69, 9.17) is 4.42 Å². The van der Waals surface area contributed by atoms with Crippen molar-refractivity contribution in [3.05, 3.63) is 218 Å². The van der Waals surface area contributed by atoms with Crippen molar-refractivity contribution in [3.8, 4) is 27.9 Å². The average Bonchev–Trinajstić information content (AvgIpc) is 4.02. The molecule has 13 aromatic rings. The molecule has 0 saturated heterocycles. The molecule has 0 aliphatic heterocycles. The van der Waals surface area contributed by atoms with Crippen molar-refractivity contribution in [1.29, 1.82) is 0 Å². The summed E-state index contributed by atoms with van der Waals surface area (Å²) < 4.78 is 11.7. The van der Waals surface area contributed by atoms with Crippen molar-refractivity contribution in [2.45, 2.75) is 0 Å². The van der Waals surface area contributed by atoms with Gasteiger partial charge in [-0.05, 0) is 113 Å². The largest absolute Gasteiger partial charge is 0.455 e. The number of nitrogens with zero attached hydrogens (tertiary/aromatic N) is 2. The zero-order valence-corrected chi connectivity index (χ0v) is 34.3. The van der Waals surface area contributed by atoms with Crippen LogP contribution >= 0.6 is 11.3 Å². The lowest BCUT2D eigenvalue weighted by atomic mass is 9.98. The number of anilines is 3. The second-order valence-corrected chi connectivity index (χ2v) is 17.1. The fourth-order valence-corrected chi connectivity index (χ4v) is 10.9. The molecule has 62 heavy (non-hydrogen) atoms. The van der Waals surface area contributed by atoms with E-state index in [-0.39, 0.29) is 0 Å². The summed E-state index contributed by atoms with van der Waals surface area (Å²) in [6.45, 7) is 0. The first-order valence-electron chi connectivity index (χ1n) is 21.1. The molecule has 290 valence electrons. The van der Waals surface area contributed by atoms with Crippen LogP contribution in [0.5, 0.6) is 0 Å². The fraction of sp³-hybridized carbons (Fsp3) is 0. The Kier molecular flexibility index (Phi) is 7.78. The highest BCUT2D eigenvalue weighted by atomic mass is 32.1. The molecule has 3 heterocycles. The Morgan fingerprint density at radius 3 is 1.90 bits per heavy atom.